The number of piperidine rings is 1. The Morgan fingerprint density at radius 1 is 0.929 bits per heavy atom. The summed E-state index contributed by atoms with van der Waals surface area (Å²) in [5.41, 5.74) is 1.88. The second-order valence-corrected chi connectivity index (χ2v) is 17.2. The first kappa shape index (κ1) is 45.9. The van der Waals surface area contributed by atoms with Crippen molar-refractivity contribution in [3.05, 3.63) is 23.3 Å². The van der Waals surface area contributed by atoms with E-state index in [1.54, 1.807) is 21.1 Å². The number of nitrogens with zero attached hydrogens (tertiary/aromatic N) is 1. The van der Waals surface area contributed by atoms with Crippen LogP contribution in [0, 0.1) is 29.6 Å². The molecule has 3 aliphatic heterocycles. The number of methoxy groups -OCH3 is 3. The van der Waals surface area contributed by atoms with Gasteiger partial charge >= 0.3 is 5.97 Å². The number of fused-ring (bicyclic) bond motifs is 3. The fraction of sp³-hybridized carbons (Fsp3) is 0.795. The van der Waals surface area contributed by atoms with Crippen molar-refractivity contribution in [2.24, 2.45) is 29.6 Å². The highest BCUT2D eigenvalue weighted by Gasteiger charge is 2.56. The second-order valence-electron chi connectivity index (χ2n) is 17.2. The number of allylic oxidation sites excluding steroid dienone is 3. The lowest BCUT2D eigenvalue weighted by atomic mass is 9.82. The molecule has 12 atom stereocenters. The van der Waals surface area contributed by atoms with Gasteiger partial charge in [-0.3, -0.25) is 19.2 Å². The molecule has 1 aliphatic carbocycles. The maximum absolute atomic E-state index is 14.3. The smallest absolute Gasteiger partial charge is 0.329 e. The molecule has 56 heavy (non-hydrogen) atoms. The molecular formula is C44H69NO11. The predicted octanol–water partition coefficient (Wildman–Crippen LogP) is 6.10. The maximum atomic E-state index is 14.3. The van der Waals surface area contributed by atoms with Gasteiger partial charge in [-0.25, -0.2) is 4.79 Å². The van der Waals surface area contributed by atoms with Crippen molar-refractivity contribution in [1.29, 1.82) is 0 Å². The molecule has 3 heterocycles. The van der Waals surface area contributed by atoms with Gasteiger partial charge in [-0.15, -0.1) is 0 Å². The highest BCUT2D eigenvalue weighted by Crippen LogP contribution is 2.39. The molecule has 0 aromatic rings. The first-order chi connectivity index (χ1) is 26.6. The minimum Gasteiger partial charge on any atom is -0.456 e. The molecule has 316 valence electrons. The van der Waals surface area contributed by atoms with Crippen LogP contribution in [0.1, 0.15) is 125 Å². The van der Waals surface area contributed by atoms with Crippen LogP contribution in [0.15, 0.2) is 23.3 Å². The third-order valence-electron chi connectivity index (χ3n) is 12.7. The molecule has 0 spiro atoms. The van der Waals surface area contributed by atoms with Gasteiger partial charge < -0.3 is 33.7 Å². The van der Waals surface area contributed by atoms with Crippen molar-refractivity contribution >= 4 is 29.2 Å². The first-order valence-corrected chi connectivity index (χ1v) is 21.0. The van der Waals surface area contributed by atoms with Gasteiger partial charge in [-0.2, -0.15) is 0 Å². The summed E-state index contributed by atoms with van der Waals surface area (Å²) in [5.74, 6) is -6.20. The Balaban J connectivity index is 1.75. The highest BCUT2D eigenvalue weighted by molar-refractivity contribution is 6.39. The largest absolute Gasteiger partial charge is 0.456 e. The molecule has 1 N–H and O–H groups in total. The number of ether oxygens (including phenoxy) is 5. The Morgan fingerprint density at radius 2 is 1.61 bits per heavy atom. The minimum atomic E-state index is -2.47. The van der Waals surface area contributed by atoms with Gasteiger partial charge in [0.15, 0.2) is 5.78 Å². The molecule has 12 unspecified atom stereocenters. The summed E-state index contributed by atoms with van der Waals surface area (Å²) < 4.78 is 29.8. The van der Waals surface area contributed by atoms with Crippen LogP contribution in [0.25, 0.3) is 0 Å². The number of rotatable bonds is 7. The van der Waals surface area contributed by atoms with Crippen LogP contribution < -0.4 is 0 Å². The Bertz CT molecular complexity index is 1460. The van der Waals surface area contributed by atoms with Crippen molar-refractivity contribution in [2.45, 2.75) is 167 Å². The zero-order chi connectivity index (χ0) is 41.3. The quantitative estimate of drug-likeness (QED) is 0.181. The monoisotopic (exact) mass is 787 g/mol. The molecule has 1 saturated carbocycles. The highest BCUT2D eigenvalue weighted by atomic mass is 16.7. The third-order valence-corrected chi connectivity index (χ3v) is 12.7. The number of carbonyl (C=O) groups excluding carboxylic acids is 5. The minimum absolute atomic E-state index is 0.0302. The van der Waals surface area contributed by atoms with Crippen LogP contribution >= 0.6 is 0 Å². The molecule has 12 nitrogen and oxygen atoms in total. The number of cyclic esters (lactones) is 1. The molecule has 0 radical (unpaired) electrons. The summed E-state index contributed by atoms with van der Waals surface area (Å²) in [5, 5.41) is 12.0. The van der Waals surface area contributed by atoms with Gasteiger partial charge in [0, 0.05) is 52.6 Å². The normalized spacial score (nSPS) is 38.9. The average molecular weight is 788 g/mol. The average Bonchev–Trinajstić information content (AvgIpc) is 3.18. The zero-order valence-electron chi connectivity index (χ0n) is 35.4. The lowest BCUT2D eigenvalue weighted by molar-refractivity contribution is -0.302. The summed E-state index contributed by atoms with van der Waals surface area (Å²) in [6.07, 6.45) is 7.86. The molecule has 2 bridgehead atoms. The molecule has 3 fully saturated rings. The summed E-state index contributed by atoms with van der Waals surface area (Å²) in [6, 6.07) is -1.05. The van der Waals surface area contributed by atoms with Gasteiger partial charge in [0.25, 0.3) is 11.7 Å². The number of carbonyl (C=O) groups is 5. The predicted molar refractivity (Wildman–Crippen MR) is 210 cm³/mol. The van der Waals surface area contributed by atoms with E-state index in [1.165, 1.54) is 12.0 Å². The molecular weight excluding hydrogens is 718 g/mol. The van der Waals surface area contributed by atoms with Crippen LogP contribution in [0.4, 0.5) is 0 Å². The van der Waals surface area contributed by atoms with Crippen LogP contribution in [-0.4, -0.2) is 109 Å². The molecule has 12 heteroatoms. The van der Waals surface area contributed by atoms with E-state index in [-0.39, 0.29) is 54.6 Å². The van der Waals surface area contributed by atoms with Crippen LogP contribution in [0.2, 0.25) is 0 Å². The second kappa shape index (κ2) is 20.8. The number of ketones is 3. The lowest BCUT2D eigenvalue weighted by Crippen LogP contribution is -2.64. The van der Waals surface area contributed by atoms with Crippen molar-refractivity contribution < 1.29 is 52.8 Å². The van der Waals surface area contributed by atoms with E-state index in [0.29, 0.717) is 57.8 Å². The fourth-order valence-corrected chi connectivity index (χ4v) is 9.45. The van der Waals surface area contributed by atoms with Crippen LogP contribution in [-0.2, 0) is 47.7 Å². The van der Waals surface area contributed by atoms with Gasteiger partial charge in [-0.05, 0) is 101 Å². The van der Waals surface area contributed by atoms with Gasteiger partial charge in [-0.1, -0.05) is 51.8 Å². The van der Waals surface area contributed by atoms with Gasteiger partial charge in [0.2, 0.25) is 5.79 Å². The summed E-state index contributed by atoms with van der Waals surface area (Å²) >= 11 is 0. The van der Waals surface area contributed by atoms with Crippen molar-refractivity contribution in [2.75, 3.05) is 27.9 Å². The molecule has 2 saturated heterocycles. The molecule has 0 aromatic heterocycles. The van der Waals surface area contributed by atoms with E-state index in [0.717, 1.165) is 24.0 Å². The Morgan fingerprint density at radius 3 is 2.27 bits per heavy atom. The number of hydrogen-bond acceptors (Lipinski definition) is 11. The van der Waals surface area contributed by atoms with Gasteiger partial charge in [0.05, 0.1) is 12.2 Å². The van der Waals surface area contributed by atoms with Crippen molar-refractivity contribution in [3.63, 3.8) is 0 Å². The van der Waals surface area contributed by atoms with E-state index in [4.69, 9.17) is 23.7 Å². The number of aliphatic hydroxyl groups is 1. The van der Waals surface area contributed by atoms with Gasteiger partial charge in [0.1, 0.15) is 30.1 Å². The maximum Gasteiger partial charge on any atom is 0.329 e. The lowest BCUT2D eigenvalue weighted by Gasteiger charge is -2.47. The number of esters is 1. The Labute approximate surface area is 334 Å². The topological polar surface area (TPSA) is 155 Å². The molecule has 4 rings (SSSR count). The van der Waals surface area contributed by atoms with E-state index < -0.39 is 65.9 Å². The Kier molecular flexibility index (Phi) is 17.0. The molecule has 4 aliphatic rings. The SMILES string of the molecule is CCCC1/C=C(/C)CC(C)CC(OC)C2OC(O)(C(=O)C(=O)N3CCCCC3C(=O)OC(/C(C)=C/C3CCC(=O)C(OC)C3)C(C)CCC1=O)C(C)CC2OC. The third kappa shape index (κ3) is 11.0. The number of Topliss-reactive ketones (excluding diaryl/α,β-unsaturated/α-hetero) is 3. The summed E-state index contributed by atoms with van der Waals surface area (Å²) in [7, 11) is 4.64. The molecule has 1 amide bonds. The van der Waals surface area contributed by atoms with E-state index >= 15 is 0 Å². The van der Waals surface area contributed by atoms with Crippen molar-refractivity contribution in [1.82, 2.24) is 4.90 Å². The summed E-state index contributed by atoms with van der Waals surface area (Å²) in [6.45, 7) is 11.9. The first-order valence-electron chi connectivity index (χ1n) is 21.0. The van der Waals surface area contributed by atoms with Crippen LogP contribution in [0.5, 0.6) is 0 Å². The van der Waals surface area contributed by atoms with E-state index in [2.05, 4.69) is 26.0 Å². The van der Waals surface area contributed by atoms with E-state index in [1.807, 2.05) is 20.8 Å². The van der Waals surface area contributed by atoms with E-state index in [9.17, 15) is 29.1 Å². The number of amides is 1. The molecule has 0 aromatic carbocycles. The van der Waals surface area contributed by atoms with Crippen molar-refractivity contribution in [3.8, 4) is 0 Å². The standard InChI is InChI=1S/C44H69NO11/c1-10-13-32-21-26(2)20-27(3)22-37(53-8)40-38(54-9)24-30(6)44(51,56-40)41(48)42(49)45-19-12-11-14-33(45)43(50)55-39(28(4)15-17-34(32)46)29(5)23-31-16-18-35(47)36(25-31)52-7/h21,23,27-28,30-33,36-40,51H,10-20,22,24-25H2,1-9H3/b26-21-,29-23+. The van der Waals surface area contributed by atoms with Crippen LogP contribution in [0.3, 0.4) is 0 Å². The Hall–Kier alpha value is -2.77. The zero-order valence-corrected chi connectivity index (χ0v) is 35.4. The number of hydrogen-bond donors (Lipinski definition) is 1. The summed E-state index contributed by atoms with van der Waals surface area (Å²) in [4.78, 5) is 70.2. The fourth-order valence-electron chi connectivity index (χ4n) is 9.45.